The summed E-state index contributed by atoms with van der Waals surface area (Å²) in [6, 6.07) is 6.72. The third-order valence-corrected chi connectivity index (χ3v) is 2.67. The summed E-state index contributed by atoms with van der Waals surface area (Å²) in [4.78, 5) is 13.5. The van der Waals surface area contributed by atoms with Crippen LogP contribution in [-0.2, 0) is 0 Å². The summed E-state index contributed by atoms with van der Waals surface area (Å²) in [5.41, 5.74) is 0.434. The zero-order valence-electron chi connectivity index (χ0n) is 7.93. The molecule has 6 heteroatoms. The Bertz CT molecular complexity index is 558. The van der Waals surface area contributed by atoms with Crippen molar-refractivity contribution in [1.29, 1.82) is 0 Å². The van der Waals surface area contributed by atoms with Gasteiger partial charge in [-0.2, -0.15) is 0 Å². The van der Waals surface area contributed by atoms with E-state index >= 15 is 0 Å². The van der Waals surface area contributed by atoms with Crippen molar-refractivity contribution in [2.75, 3.05) is 0 Å². The first kappa shape index (κ1) is 11.1. The van der Waals surface area contributed by atoms with Crippen LogP contribution in [0.25, 0.3) is 10.9 Å². The fraction of sp³-hybridized carbons (Fsp3) is 0.100. The highest BCUT2D eigenvalue weighted by Gasteiger charge is 2.23. The molecule has 82 valence electrons. The number of aromatic nitrogens is 1. The van der Waals surface area contributed by atoms with Crippen molar-refractivity contribution in [1.82, 2.24) is 4.98 Å². The first-order valence-corrected chi connectivity index (χ1v) is 5.28. The van der Waals surface area contributed by atoms with E-state index in [1.165, 1.54) is 6.20 Å². The largest absolute Gasteiger partial charge is 0.301 e. The molecule has 0 aliphatic heterocycles. The van der Waals surface area contributed by atoms with E-state index in [4.69, 9.17) is 23.2 Å². The van der Waals surface area contributed by atoms with Gasteiger partial charge in [-0.05, 0) is 12.1 Å². The fourth-order valence-electron chi connectivity index (χ4n) is 1.51. The van der Waals surface area contributed by atoms with Crippen LogP contribution in [0.15, 0.2) is 30.5 Å². The number of halogens is 2. The predicted octanol–water partition coefficient (Wildman–Crippen LogP) is 3.62. The molecule has 0 N–H and O–H groups in total. The molecule has 1 aromatic carbocycles. The zero-order chi connectivity index (χ0) is 11.7. The predicted molar refractivity (Wildman–Crippen MR) is 62.8 cm³/mol. The maximum Gasteiger partial charge on any atom is 0.301 e. The Hall–Kier alpha value is -1.39. The molecule has 0 amide bonds. The summed E-state index contributed by atoms with van der Waals surface area (Å²) >= 11 is 11.4. The van der Waals surface area contributed by atoms with E-state index in [1.54, 1.807) is 24.3 Å². The molecule has 1 aromatic heterocycles. The first-order valence-electron chi connectivity index (χ1n) is 4.41. The highest BCUT2D eigenvalue weighted by atomic mass is 35.5. The number of nitro groups is 1. The van der Waals surface area contributed by atoms with E-state index in [1.807, 2.05) is 0 Å². The topological polar surface area (TPSA) is 56.0 Å². The molecule has 0 unspecified atom stereocenters. The zero-order valence-corrected chi connectivity index (χ0v) is 9.44. The van der Waals surface area contributed by atoms with Gasteiger partial charge in [0.05, 0.1) is 10.5 Å². The standard InChI is InChI=1S/C10H6Cl2N2O2/c11-10(12)7-4-3-6-2-1-5-13-8(6)9(7)14(15)16/h1-5,10H. The molecule has 0 bridgehead atoms. The SMILES string of the molecule is O=[N+]([O-])c1c(C(Cl)Cl)ccc2cccnc12. The Morgan fingerprint density at radius 3 is 2.69 bits per heavy atom. The first-order chi connectivity index (χ1) is 7.61. The molecule has 0 saturated carbocycles. The molecule has 0 aliphatic carbocycles. The Balaban J connectivity index is 2.84. The minimum Gasteiger partial charge on any atom is -0.258 e. The van der Waals surface area contributed by atoms with Gasteiger partial charge < -0.3 is 0 Å². The molecule has 1 heterocycles. The molecular formula is C10H6Cl2N2O2. The van der Waals surface area contributed by atoms with Crippen LogP contribution in [0.3, 0.4) is 0 Å². The van der Waals surface area contributed by atoms with Crippen LogP contribution in [0.5, 0.6) is 0 Å². The lowest BCUT2D eigenvalue weighted by Gasteiger charge is -2.05. The van der Waals surface area contributed by atoms with Gasteiger partial charge in [0.2, 0.25) is 0 Å². The number of hydrogen-bond donors (Lipinski definition) is 0. The fourth-order valence-corrected chi connectivity index (χ4v) is 1.87. The average molecular weight is 257 g/mol. The van der Waals surface area contributed by atoms with Gasteiger partial charge in [-0.25, -0.2) is 4.98 Å². The van der Waals surface area contributed by atoms with Crippen molar-refractivity contribution in [2.45, 2.75) is 4.84 Å². The number of nitrogens with zero attached hydrogens (tertiary/aromatic N) is 2. The second-order valence-electron chi connectivity index (χ2n) is 3.14. The molecule has 2 rings (SSSR count). The lowest BCUT2D eigenvalue weighted by molar-refractivity contribution is -0.383. The van der Waals surface area contributed by atoms with Crippen LogP contribution in [0.1, 0.15) is 10.4 Å². The van der Waals surface area contributed by atoms with Crippen molar-refractivity contribution in [3.05, 3.63) is 46.1 Å². The van der Waals surface area contributed by atoms with Gasteiger partial charge in [-0.15, -0.1) is 0 Å². The Kier molecular flexibility index (Phi) is 2.94. The van der Waals surface area contributed by atoms with Gasteiger partial charge in [0.1, 0.15) is 10.4 Å². The van der Waals surface area contributed by atoms with Gasteiger partial charge in [-0.3, -0.25) is 10.1 Å². The summed E-state index contributed by atoms with van der Waals surface area (Å²) in [5, 5.41) is 11.7. The van der Waals surface area contributed by atoms with Crippen LogP contribution >= 0.6 is 23.2 Å². The van der Waals surface area contributed by atoms with Crippen LogP contribution < -0.4 is 0 Å². The minimum atomic E-state index is -0.938. The molecule has 0 spiro atoms. The number of hydrogen-bond acceptors (Lipinski definition) is 3. The summed E-state index contributed by atoms with van der Waals surface area (Å²) in [5.74, 6) is 0. The molecule has 0 radical (unpaired) electrons. The van der Waals surface area contributed by atoms with Gasteiger partial charge in [0.15, 0.2) is 0 Å². The number of benzene rings is 1. The van der Waals surface area contributed by atoms with Crippen molar-refractivity contribution < 1.29 is 4.92 Å². The van der Waals surface area contributed by atoms with E-state index in [9.17, 15) is 10.1 Å². The van der Waals surface area contributed by atoms with Crippen LogP contribution in [0.4, 0.5) is 5.69 Å². The maximum atomic E-state index is 11.0. The number of rotatable bonds is 2. The van der Waals surface area contributed by atoms with E-state index in [-0.39, 0.29) is 11.3 Å². The van der Waals surface area contributed by atoms with Crippen LogP contribution in [0.2, 0.25) is 0 Å². The Labute approximate surface area is 101 Å². The highest BCUT2D eigenvalue weighted by Crippen LogP contribution is 2.36. The van der Waals surface area contributed by atoms with Crippen LogP contribution in [-0.4, -0.2) is 9.91 Å². The van der Waals surface area contributed by atoms with E-state index in [0.717, 1.165) is 0 Å². The Morgan fingerprint density at radius 1 is 1.31 bits per heavy atom. The average Bonchev–Trinajstić information content (AvgIpc) is 2.27. The maximum absolute atomic E-state index is 11.0. The number of fused-ring (bicyclic) bond motifs is 1. The van der Waals surface area contributed by atoms with Gasteiger partial charge in [0.25, 0.3) is 0 Å². The number of alkyl halides is 2. The van der Waals surface area contributed by atoms with Gasteiger partial charge in [0, 0.05) is 11.6 Å². The minimum absolute atomic E-state index is 0.131. The van der Waals surface area contributed by atoms with Gasteiger partial charge >= 0.3 is 5.69 Å². The molecule has 0 saturated heterocycles. The molecular weight excluding hydrogens is 251 g/mol. The van der Waals surface area contributed by atoms with Crippen molar-refractivity contribution in [3.63, 3.8) is 0 Å². The lowest BCUT2D eigenvalue weighted by atomic mass is 10.1. The van der Waals surface area contributed by atoms with Crippen molar-refractivity contribution in [3.8, 4) is 0 Å². The lowest BCUT2D eigenvalue weighted by Crippen LogP contribution is -1.97. The molecule has 16 heavy (non-hydrogen) atoms. The summed E-state index contributed by atoms with van der Waals surface area (Å²) in [7, 11) is 0. The third kappa shape index (κ3) is 1.81. The number of nitro benzene ring substituents is 1. The monoisotopic (exact) mass is 256 g/mol. The van der Waals surface area contributed by atoms with Crippen molar-refractivity contribution in [2.24, 2.45) is 0 Å². The van der Waals surface area contributed by atoms with Crippen LogP contribution in [0, 0.1) is 10.1 Å². The van der Waals surface area contributed by atoms with Crippen molar-refractivity contribution >= 4 is 39.8 Å². The molecule has 0 atom stereocenters. The normalized spacial score (nSPS) is 10.9. The third-order valence-electron chi connectivity index (χ3n) is 2.20. The summed E-state index contributed by atoms with van der Waals surface area (Å²) in [6.07, 6.45) is 1.50. The highest BCUT2D eigenvalue weighted by molar-refractivity contribution is 6.44. The second kappa shape index (κ2) is 4.23. The number of pyridine rings is 1. The summed E-state index contributed by atoms with van der Waals surface area (Å²) in [6.45, 7) is 0. The molecule has 2 aromatic rings. The smallest absolute Gasteiger partial charge is 0.258 e. The molecule has 0 aliphatic rings. The Morgan fingerprint density at radius 2 is 2.06 bits per heavy atom. The van der Waals surface area contributed by atoms with E-state index in [0.29, 0.717) is 10.9 Å². The quantitative estimate of drug-likeness (QED) is 0.469. The molecule has 0 fully saturated rings. The molecule has 4 nitrogen and oxygen atoms in total. The van der Waals surface area contributed by atoms with E-state index < -0.39 is 9.76 Å². The van der Waals surface area contributed by atoms with Gasteiger partial charge in [-0.1, -0.05) is 35.3 Å². The second-order valence-corrected chi connectivity index (χ2v) is 4.23. The van der Waals surface area contributed by atoms with E-state index in [2.05, 4.69) is 4.98 Å². The summed E-state index contributed by atoms with van der Waals surface area (Å²) < 4.78 is 0.